The Labute approximate surface area is 356 Å². The number of para-hydroxylation sites is 2. The summed E-state index contributed by atoms with van der Waals surface area (Å²) >= 11 is 0. The SMILES string of the molecule is CC(C)N(C(C)C)P(OCCC#N)OC(=CN(C)C)[C@H]1O[C@@H](n2cnc3c(=O)[nH]c(N=CN(C)C)nc32)[C@H](O)[C@@H]1OC1(c2ccccc2)c2ccccc2Oc2ccccc21. The summed E-state index contributed by atoms with van der Waals surface area (Å²) in [6.07, 6.45) is -0.0450. The van der Waals surface area contributed by atoms with E-state index in [9.17, 15) is 15.2 Å². The van der Waals surface area contributed by atoms with Crippen LogP contribution in [0.1, 0.15) is 57.0 Å². The second-order valence-electron chi connectivity index (χ2n) is 15.7. The summed E-state index contributed by atoms with van der Waals surface area (Å²) in [5, 5.41) is 22.3. The fraction of sp³-hybridized carbons (Fsp3) is 0.386. The third-order valence-corrected chi connectivity index (χ3v) is 12.1. The quantitative estimate of drug-likeness (QED) is 0.0350. The molecule has 7 rings (SSSR count). The summed E-state index contributed by atoms with van der Waals surface area (Å²) in [4.78, 5) is 32.9. The molecule has 0 bridgehead atoms. The van der Waals surface area contributed by atoms with Crippen molar-refractivity contribution in [2.75, 3.05) is 34.8 Å². The lowest BCUT2D eigenvalue weighted by molar-refractivity contribution is -0.105. The van der Waals surface area contributed by atoms with Crippen LogP contribution in [0, 0.1) is 11.3 Å². The first-order valence-corrected chi connectivity index (χ1v) is 21.2. The number of aliphatic imine (C=N–C) groups is 1. The number of nitrogens with one attached hydrogen (secondary N) is 1. The third kappa shape index (κ3) is 8.76. The van der Waals surface area contributed by atoms with Gasteiger partial charge in [0.05, 0.1) is 31.8 Å². The van der Waals surface area contributed by atoms with Crippen molar-refractivity contribution in [3.05, 3.63) is 124 Å². The number of aliphatic hydroxyl groups is 1. The molecule has 1 unspecified atom stereocenters. The Morgan fingerprint density at radius 1 is 1.00 bits per heavy atom. The Bertz CT molecular complexity index is 2410. The van der Waals surface area contributed by atoms with E-state index in [4.69, 9.17) is 23.3 Å². The van der Waals surface area contributed by atoms with Gasteiger partial charge >= 0.3 is 8.53 Å². The van der Waals surface area contributed by atoms with Crippen LogP contribution in [0.25, 0.3) is 11.2 Å². The fourth-order valence-electron chi connectivity index (χ4n) is 7.69. The highest BCUT2D eigenvalue weighted by Gasteiger charge is 2.55. The van der Waals surface area contributed by atoms with Crippen LogP contribution in [0.15, 0.2) is 107 Å². The summed E-state index contributed by atoms with van der Waals surface area (Å²) in [5.41, 5.74) is 0.525. The van der Waals surface area contributed by atoms with E-state index < -0.39 is 44.2 Å². The van der Waals surface area contributed by atoms with E-state index in [1.807, 2.05) is 97.9 Å². The number of hydrogen-bond acceptors (Lipinski definition) is 13. The summed E-state index contributed by atoms with van der Waals surface area (Å²) in [6.45, 7) is 8.35. The van der Waals surface area contributed by atoms with Crippen molar-refractivity contribution < 1.29 is 28.4 Å². The van der Waals surface area contributed by atoms with Gasteiger partial charge in [0, 0.05) is 57.6 Å². The van der Waals surface area contributed by atoms with Crippen LogP contribution in [-0.2, 0) is 24.1 Å². The number of rotatable bonds is 16. The van der Waals surface area contributed by atoms with Gasteiger partial charge in [-0.25, -0.2) is 14.6 Å². The number of fused-ring (bicyclic) bond motifs is 3. The Hall–Kier alpha value is -5.66. The van der Waals surface area contributed by atoms with Crippen molar-refractivity contribution in [2.24, 2.45) is 4.99 Å². The van der Waals surface area contributed by atoms with Crippen molar-refractivity contribution in [3.8, 4) is 17.6 Å². The molecule has 1 saturated heterocycles. The number of imidazole rings is 1. The standard InChI is InChI=1S/C44H52N9O7P/c1-28(2)53(29(3)4)61(56-24-16-23-45)60-35(25-50(5)6)38-39(37(54)42(58-38)52-27-46-36-40(52)48-43(49-41(36)55)47-26-51(7)8)59-44(30-17-10-9-11-18-30)31-19-12-14-21-33(31)57-34-22-15-13-20-32(34)44/h9-15,17-22,25-29,37-39,42,54H,16,24H2,1-8H3,(H,48,49,55)/t37-,38-,39+,42-,61?/m1/s1. The van der Waals surface area contributed by atoms with E-state index in [1.165, 1.54) is 17.2 Å². The van der Waals surface area contributed by atoms with Crippen molar-refractivity contribution in [1.29, 1.82) is 5.26 Å². The Kier molecular flexibility index (Phi) is 13.2. The first-order chi connectivity index (χ1) is 29.3. The molecule has 5 atom stereocenters. The van der Waals surface area contributed by atoms with Crippen molar-refractivity contribution in [3.63, 3.8) is 0 Å². The van der Waals surface area contributed by atoms with Crippen molar-refractivity contribution in [1.82, 2.24) is 34.0 Å². The molecule has 3 aromatic carbocycles. The predicted octanol–water partition coefficient (Wildman–Crippen LogP) is 6.78. The molecule has 2 N–H and O–H groups in total. The number of aromatic nitrogens is 4. The van der Waals surface area contributed by atoms with Gasteiger partial charge in [-0.05, 0) is 45.4 Å². The number of aliphatic hydroxyl groups excluding tert-OH is 1. The molecule has 2 aromatic heterocycles. The Balaban J connectivity index is 1.44. The van der Waals surface area contributed by atoms with E-state index in [0.717, 1.165) is 5.56 Å². The molecule has 2 aliphatic rings. The summed E-state index contributed by atoms with van der Waals surface area (Å²) in [7, 11) is 5.46. The highest BCUT2D eigenvalue weighted by molar-refractivity contribution is 7.44. The van der Waals surface area contributed by atoms with Gasteiger partial charge in [-0.2, -0.15) is 10.2 Å². The molecule has 17 heteroatoms. The normalized spacial score (nSPS) is 20.1. The predicted molar refractivity (Wildman–Crippen MR) is 232 cm³/mol. The largest absolute Gasteiger partial charge is 0.457 e. The maximum atomic E-state index is 13.3. The molecule has 0 radical (unpaired) electrons. The van der Waals surface area contributed by atoms with E-state index in [1.54, 1.807) is 25.2 Å². The summed E-state index contributed by atoms with van der Waals surface area (Å²) in [5.74, 6) is 1.51. The maximum Gasteiger partial charge on any atom is 0.321 e. The van der Waals surface area contributed by atoms with E-state index in [-0.39, 0.29) is 42.2 Å². The molecule has 320 valence electrons. The van der Waals surface area contributed by atoms with Gasteiger partial charge in [-0.3, -0.25) is 14.3 Å². The van der Waals surface area contributed by atoms with Crippen LogP contribution >= 0.6 is 8.53 Å². The molecule has 0 saturated carbocycles. The number of hydrogen-bond donors (Lipinski definition) is 2. The molecular formula is C44H52N9O7P. The van der Waals surface area contributed by atoms with E-state index in [0.29, 0.717) is 28.4 Å². The first-order valence-electron chi connectivity index (χ1n) is 20.1. The maximum absolute atomic E-state index is 13.3. The van der Waals surface area contributed by atoms with Gasteiger partial charge in [0.25, 0.3) is 5.56 Å². The van der Waals surface area contributed by atoms with Crippen LogP contribution < -0.4 is 10.3 Å². The number of nitrogens with zero attached hydrogens (tertiary/aromatic N) is 8. The Morgan fingerprint density at radius 2 is 1.64 bits per heavy atom. The molecule has 16 nitrogen and oxygen atoms in total. The molecule has 0 amide bonds. The van der Waals surface area contributed by atoms with Crippen LogP contribution in [-0.4, -0.2) is 111 Å². The minimum Gasteiger partial charge on any atom is -0.457 e. The van der Waals surface area contributed by atoms with Crippen LogP contribution in [0.4, 0.5) is 5.95 Å². The third-order valence-electron chi connectivity index (χ3n) is 10.1. The average molecular weight is 850 g/mol. The van der Waals surface area contributed by atoms with Crippen LogP contribution in [0.5, 0.6) is 11.5 Å². The van der Waals surface area contributed by atoms with Crippen molar-refractivity contribution >= 4 is 32.0 Å². The minimum atomic E-state index is -1.85. The van der Waals surface area contributed by atoms with Gasteiger partial charge in [0.2, 0.25) is 5.95 Å². The second-order valence-corrected chi connectivity index (χ2v) is 17.1. The van der Waals surface area contributed by atoms with Crippen molar-refractivity contribution in [2.45, 2.75) is 76.3 Å². The Morgan fingerprint density at radius 3 is 2.25 bits per heavy atom. The molecular weight excluding hydrogens is 798 g/mol. The molecule has 2 aliphatic heterocycles. The van der Waals surface area contributed by atoms with Crippen LogP contribution in [0.3, 0.4) is 0 Å². The molecule has 61 heavy (non-hydrogen) atoms. The molecule has 1 fully saturated rings. The molecule has 0 aliphatic carbocycles. The zero-order valence-corrected chi connectivity index (χ0v) is 36.4. The number of benzene rings is 3. The minimum absolute atomic E-state index is 0.00823. The van der Waals surface area contributed by atoms with Gasteiger partial charge in [-0.15, -0.1) is 0 Å². The second kappa shape index (κ2) is 18.5. The summed E-state index contributed by atoms with van der Waals surface area (Å²) in [6, 6.07) is 27.3. The molecule has 4 heterocycles. The topological polar surface area (TPSA) is 176 Å². The number of aromatic amines is 1. The van der Waals surface area contributed by atoms with Crippen LogP contribution in [0.2, 0.25) is 0 Å². The molecule has 5 aromatic rings. The van der Waals surface area contributed by atoms with E-state index in [2.05, 4.69) is 58.4 Å². The highest BCUT2D eigenvalue weighted by Crippen LogP contribution is 2.56. The van der Waals surface area contributed by atoms with Gasteiger partial charge < -0.3 is 38.2 Å². The number of H-pyrrole nitrogens is 1. The smallest absolute Gasteiger partial charge is 0.321 e. The highest BCUT2D eigenvalue weighted by atomic mass is 31.2. The number of ether oxygens (including phenoxy) is 3. The van der Waals surface area contributed by atoms with Gasteiger partial charge in [0.15, 0.2) is 28.8 Å². The lowest BCUT2D eigenvalue weighted by Crippen LogP contribution is -2.46. The van der Waals surface area contributed by atoms with Gasteiger partial charge in [-0.1, -0.05) is 66.7 Å². The zero-order chi connectivity index (χ0) is 43.4. The average Bonchev–Trinajstić information content (AvgIpc) is 3.79. The zero-order valence-electron chi connectivity index (χ0n) is 35.5. The van der Waals surface area contributed by atoms with E-state index >= 15 is 0 Å². The number of nitriles is 1. The lowest BCUT2D eigenvalue weighted by atomic mass is 9.77. The van der Waals surface area contributed by atoms with Gasteiger partial charge in [0.1, 0.15) is 29.8 Å². The lowest BCUT2D eigenvalue weighted by Gasteiger charge is -2.43. The monoisotopic (exact) mass is 849 g/mol. The summed E-state index contributed by atoms with van der Waals surface area (Å²) < 4.78 is 38.1. The first kappa shape index (κ1) is 43.4. The fourth-order valence-corrected chi connectivity index (χ4v) is 9.30. The molecule has 0 spiro atoms.